The van der Waals surface area contributed by atoms with Crippen LogP contribution in [0.3, 0.4) is 0 Å². The molecule has 0 spiro atoms. The normalized spacial score (nSPS) is 11.5. The molecule has 2 aromatic carbocycles. The Labute approximate surface area is 206 Å². The molecule has 0 fully saturated rings. The van der Waals surface area contributed by atoms with E-state index in [2.05, 4.69) is 19.1 Å². The zero-order valence-corrected chi connectivity index (χ0v) is 21.5. The summed E-state index contributed by atoms with van der Waals surface area (Å²) in [7, 11) is -3.86. The monoisotopic (exact) mass is 490 g/mol. The van der Waals surface area contributed by atoms with Crippen molar-refractivity contribution < 1.29 is 22.4 Å². The first-order valence-corrected chi connectivity index (χ1v) is 14.5. The van der Waals surface area contributed by atoms with Gasteiger partial charge in [0.05, 0.1) is 24.5 Å². The molecule has 0 atom stereocenters. The van der Waals surface area contributed by atoms with Gasteiger partial charge in [0.1, 0.15) is 11.5 Å². The van der Waals surface area contributed by atoms with Gasteiger partial charge in [-0.1, -0.05) is 101 Å². The summed E-state index contributed by atoms with van der Waals surface area (Å²) in [4.78, 5) is 0. The lowest BCUT2D eigenvalue weighted by Crippen LogP contribution is -2.04. The van der Waals surface area contributed by atoms with Gasteiger partial charge in [-0.2, -0.15) is 8.42 Å². The van der Waals surface area contributed by atoms with E-state index in [9.17, 15) is 8.42 Å². The lowest BCUT2D eigenvalue weighted by Gasteiger charge is -2.17. The van der Waals surface area contributed by atoms with Gasteiger partial charge in [0.2, 0.25) is 0 Å². The van der Waals surface area contributed by atoms with Crippen LogP contribution in [0.25, 0.3) is 11.1 Å². The highest BCUT2D eigenvalue weighted by Crippen LogP contribution is 2.38. The van der Waals surface area contributed by atoms with E-state index in [-0.39, 0.29) is 5.75 Å². The first-order valence-electron chi connectivity index (χ1n) is 12.9. The Morgan fingerprint density at radius 3 is 1.68 bits per heavy atom. The van der Waals surface area contributed by atoms with Crippen LogP contribution in [0.15, 0.2) is 48.5 Å². The highest BCUT2D eigenvalue weighted by molar-refractivity contribution is 7.85. The van der Waals surface area contributed by atoms with Gasteiger partial charge >= 0.3 is 0 Å². The SMILES string of the molecule is CCCCCCCCCCOc1cccc(OCCCCCCS(=O)(=O)O)c1-c1ccccc1. The Morgan fingerprint density at radius 1 is 0.647 bits per heavy atom. The van der Waals surface area contributed by atoms with E-state index in [0.29, 0.717) is 19.6 Å². The predicted molar refractivity (Wildman–Crippen MR) is 140 cm³/mol. The average molecular weight is 491 g/mol. The van der Waals surface area contributed by atoms with Gasteiger partial charge in [0.25, 0.3) is 10.1 Å². The molecule has 0 aliphatic carbocycles. The van der Waals surface area contributed by atoms with Crippen LogP contribution in [0.2, 0.25) is 0 Å². The quantitative estimate of drug-likeness (QED) is 0.161. The zero-order valence-electron chi connectivity index (χ0n) is 20.7. The van der Waals surface area contributed by atoms with E-state index >= 15 is 0 Å². The molecule has 34 heavy (non-hydrogen) atoms. The Balaban J connectivity index is 1.85. The van der Waals surface area contributed by atoms with E-state index in [1.54, 1.807) is 0 Å². The molecule has 0 saturated heterocycles. The maximum Gasteiger partial charge on any atom is 0.264 e. The molecule has 2 aromatic rings. The van der Waals surface area contributed by atoms with E-state index in [4.69, 9.17) is 14.0 Å². The largest absolute Gasteiger partial charge is 0.493 e. The van der Waals surface area contributed by atoms with Crippen LogP contribution in [-0.2, 0) is 10.1 Å². The van der Waals surface area contributed by atoms with E-state index in [0.717, 1.165) is 48.3 Å². The smallest absolute Gasteiger partial charge is 0.264 e. The standard InChI is InChI=1S/C28H42O5S/c1-2-3-4-5-6-7-8-14-22-32-26-20-17-21-27(28(26)25-18-12-11-13-19-25)33-23-15-9-10-16-24-34(29,30)31/h11-13,17-21H,2-10,14-16,22-24H2,1H3,(H,29,30,31). The summed E-state index contributed by atoms with van der Waals surface area (Å²) in [5, 5.41) is 0. The predicted octanol–water partition coefficient (Wildman–Crippen LogP) is 7.70. The number of unbranched alkanes of at least 4 members (excludes halogenated alkanes) is 10. The van der Waals surface area contributed by atoms with Crippen LogP contribution in [0.4, 0.5) is 0 Å². The minimum absolute atomic E-state index is 0.176. The maximum atomic E-state index is 10.8. The van der Waals surface area contributed by atoms with Gasteiger partial charge in [-0.15, -0.1) is 0 Å². The van der Waals surface area contributed by atoms with Crippen molar-refractivity contribution in [2.45, 2.75) is 84.0 Å². The Morgan fingerprint density at radius 2 is 1.15 bits per heavy atom. The van der Waals surface area contributed by atoms with Crippen molar-refractivity contribution in [3.63, 3.8) is 0 Å². The molecule has 1 N–H and O–H groups in total. The minimum atomic E-state index is -3.86. The van der Waals surface area contributed by atoms with E-state index < -0.39 is 10.1 Å². The van der Waals surface area contributed by atoms with Gasteiger partial charge < -0.3 is 9.47 Å². The molecule has 0 amide bonds. The van der Waals surface area contributed by atoms with Crippen LogP contribution < -0.4 is 9.47 Å². The highest BCUT2D eigenvalue weighted by Gasteiger charge is 2.13. The number of benzene rings is 2. The summed E-state index contributed by atoms with van der Waals surface area (Å²) in [6.45, 7) is 3.50. The van der Waals surface area contributed by atoms with Crippen molar-refractivity contribution >= 4 is 10.1 Å². The van der Waals surface area contributed by atoms with Gasteiger partial charge in [0.15, 0.2) is 0 Å². The summed E-state index contributed by atoms with van der Waals surface area (Å²) in [6.07, 6.45) is 13.0. The van der Waals surface area contributed by atoms with Crippen molar-refractivity contribution in [3.8, 4) is 22.6 Å². The van der Waals surface area contributed by atoms with Crippen LogP contribution in [0.1, 0.15) is 84.0 Å². The second-order valence-electron chi connectivity index (χ2n) is 8.87. The van der Waals surface area contributed by atoms with Gasteiger partial charge in [0, 0.05) is 0 Å². The molecular weight excluding hydrogens is 448 g/mol. The van der Waals surface area contributed by atoms with Crippen LogP contribution in [0, 0.1) is 0 Å². The summed E-state index contributed by atoms with van der Waals surface area (Å²) in [5.74, 6) is 1.47. The van der Waals surface area contributed by atoms with Crippen molar-refractivity contribution in [2.75, 3.05) is 19.0 Å². The molecule has 0 unspecified atom stereocenters. The summed E-state index contributed by atoms with van der Waals surface area (Å²) in [6, 6.07) is 16.1. The molecule has 0 radical (unpaired) electrons. The van der Waals surface area contributed by atoms with Crippen LogP contribution in [-0.4, -0.2) is 31.9 Å². The zero-order chi connectivity index (χ0) is 24.5. The molecule has 190 valence electrons. The lowest BCUT2D eigenvalue weighted by molar-refractivity contribution is 0.292. The summed E-state index contributed by atoms with van der Waals surface area (Å²) < 4.78 is 42.8. The third kappa shape index (κ3) is 11.9. The third-order valence-electron chi connectivity index (χ3n) is 5.86. The van der Waals surface area contributed by atoms with Crippen LogP contribution >= 0.6 is 0 Å². The second kappa shape index (κ2) is 16.6. The molecule has 2 rings (SSSR count). The molecule has 0 aromatic heterocycles. The van der Waals surface area contributed by atoms with Gasteiger partial charge in [-0.3, -0.25) is 4.55 Å². The second-order valence-corrected chi connectivity index (χ2v) is 10.4. The molecule has 0 saturated carbocycles. The summed E-state index contributed by atoms with van der Waals surface area (Å²) in [5.41, 5.74) is 2.05. The lowest BCUT2D eigenvalue weighted by atomic mass is 10.0. The Hall–Kier alpha value is -2.05. The topological polar surface area (TPSA) is 72.8 Å². The van der Waals surface area contributed by atoms with Crippen molar-refractivity contribution in [1.82, 2.24) is 0 Å². The maximum absolute atomic E-state index is 10.8. The van der Waals surface area contributed by atoms with Gasteiger partial charge in [-0.05, 0) is 37.0 Å². The molecular formula is C28H42O5S. The Kier molecular flexibility index (Phi) is 13.7. The van der Waals surface area contributed by atoms with E-state index in [1.165, 1.54) is 44.9 Å². The third-order valence-corrected chi connectivity index (χ3v) is 6.66. The fourth-order valence-corrected chi connectivity index (χ4v) is 4.55. The minimum Gasteiger partial charge on any atom is -0.493 e. The average Bonchev–Trinajstić information content (AvgIpc) is 2.82. The molecule has 0 aliphatic heterocycles. The first kappa shape index (κ1) is 28.2. The number of hydrogen-bond donors (Lipinski definition) is 1. The molecule has 0 aliphatic rings. The number of rotatable bonds is 19. The van der Waals surface area contributed by atoms with Crippen molar-refractivity contribution in [1.29, 1.82) is 0 Å². The number of hydrogen-bond acceptors (Lipinski definition) is 4. The number of ether oxygens (including phenoxy) is 2. The summed E-state index contributed by atoms with van der Waals surface area (Å²) >= 11 is 0. The molecule has 6 heteroatoms. The highest BCUT2D eigenvalue weighted by atomic mass is 32.2. The molecule has 0 heterocycles. The fraction of sp³-hybridized carbons (Fsp3) is 0.571. The Bertz CT molecular complexity index is 896. The van der Waals surface area contributed by atoms with Crippen molar-refractivity contribution in [2.24, 2.45) is 0 Å². The fourth-order valence-electron chi connectivity index (χ4n) is 3.98. The molecule has 5 nitrogen and oxygen atoms in total. The van der Waals surface area contributed by atoms with E-state index in [1.807, 2.05) is 36.4 Å². The van der Waals surface area contributed by atoms with Gasteiger partial charge in [-0.25, -0.2) is 0 Å². The molecule has 0 bridgehead atoms. The van der Waals surface area contributed by atoms with Crippen LogP contribution in [0.5, 0.6) is 11.5 Å². The first-order chi connectivity index (χ1) is 16.5. The van der Waals surface area contributed by atoms with Crippen molar-refractivity contribution in [3.05, 3.63) is 48.5 Å².